The summed E-state index contributed by atoms with van der Waals surface area (Å²) < 4.78 is 27.2. The van der Waals surface area contributed by atoms with E-state index in [-0.39, 0.29) is 11.0 Å². The normalized spacial score (nSPS) is 14.1. The van der Waals surface area contributed by atoms with Gasteiger partial charge in [-0.2, -0.15) is 0 Å². The van der Waals surface area contributed by atoms with E-state index < -0.39 is 35.3 Å². The van der Waals surface area contributed by atoms with Crippen molar-refractivity contribution in [1.29, 1.82) is 0 Å². The Morgan fingerprint density at radius 2 is 1.89 bits per heavy atom. The number of amides is 1. The van der Waals surface area contributed by atoms with Crippen molar-refractivity contribution in [2.24, 2.45) is 0 Å². The van der Waals surface area contributed by atoms with Gasteiger partial charge in [0.15, 0.2) is 0 Å². The molecule has 7 heteroatoms. The summed E-state index contributed by atoms with van der Waals surface area (Å²) >= 11 is 2.90. The number of benzene rings is 1. The van der Waals surface area contributed by atoms with Crippen LogP contribution in [0.5, 0.6) is 0 Å². The Balaban J connectivity index is 2.89. The molecule has 100 valence electrons. The van der Waals surface area contributed by atoms with Gasteiger partial charge in [-0.15, -0.1) is 0 Å². The van der Waals surface area contributed by atoms with Crippen LogP contribution in [0.2, 0.25) is 0 Å². The molecule has 0 radical (unpaired) electrons. The molecule has 0 spiro atoms. The van der Waals surface area contributed by atoms with E-state index in [1.165, 1.54) is 6.92 Å². The SMILES string of the molecule is CC(=O)NCC(O)C(O)c1c(F)cc(Br)cc1F. The average molecular weight is 324 g/mol. The van der Waals surface area contributed by atoms with Gasteiger partial charge in [-0.1, -0.05) is 15.9 Å². The van der Waals surface area contributed by atoms with Gasteiger partial charge >= 0.3 is 0 Å². The van der Waals surface area contributed by atoms with E-state index in [9.17, 15) is 23.8 Å². The Labute approximate surface area is 111 Å². The van der Waals surface area contributed by atoms with Crippen LogP contribution >= 0.6 is 15.9 Å². The summed E-state index contributed by atoms with van der Waals surface area (Å²) in [6.07, 6.45) is -3.26. The summed E-state index contributed by atoms with van der Waals surface area (Å²) in [5, 5.41) is 21.4. The largest absolute Gasteiger partial charge is 0.388 e. The lowest BCUT2D eigenvalue weighted by atomic mass is 10.0. The Hall–Kier alpha value is -1.05. The van der Waals surface area contributed by atoms with Crippen molar-refractivity contribution in [1.82, 2.24) is 5.32 Å². The standard InChI is InChI=1S/C11H12BrF2NO3/c1-5(16)15-4-9(17)11(18)10-7(13)2-6(12)3-8(10)14/h2-3,9,11,17-18H,4H2,1H3,(H,15,16). The molecule has 0 fully saturated rings. The summed E-state index contributed by atoms with van der Waals surface area (Å²) in [5.74, 6) is -2.37. The van der Waals surface area contributed by atoms with Crippen LogP contribution in [0.25, 0.3) is 0 Å². The zero-order valence-corrected chi connectivity index (χ0v) is 11.0. The predicted molar refractivity (Wildman–Crippen MR) is 63.7 cm³/mol. The van der Waals surface area contributed by atoms with Crippen LogP contribution in [0.15, 0.2) is 16.6 Å². The molecule has 0 saturated carbocycles. The van der Waals surface area contributed by atoms with Crippen molar-refractivity contribution in [3.05, 3.63) is 33.8 Å². The Bertz CT molecular complexity index is 433. The second kappa shape index (κ2) is 6.21. The van der Waals surface area contributed by atoms with E-state index in [1.807, 2.05) is 0 Å². The number of halogens is 3. The van der Waals surface area contributed by atoms with E-state index in [1.54, 1.807) is 0 Å². The lowest BCUT2D eigenvalue weighted by Crippen LogP contribution is -2.34. The summed E-state index contributed by atoms with van der Waals surface area (Å²) in [5.41, 5.74) is -0.629. The molecule has 1 aromatic rings. The molecule has 4 nitrogen and oxygen atoms in total. The van der Waals surface area contributed by atoms with Gasteiger partial charge in [-0.3, -0.25) is 4.79 Å². The molecular weight excluding hydrogens is 312 g/mol. The number of nitrogens with one attached hydrogen (secondary N) is 1. The smallest absolute Gasteiger partial charge is 0.216 e. The van der Waals surface area contributed by atoms with Crippen LogP contribution < -0.4 is 5.32 Å². The van der Waals surface area contributed by atoms with E-state index >= 15 is 0 Å². The van der Waals surface area contributed by atoms with Gasteiger partial charge in [-0.25, -0.2) is 8.78 Å². The Morgan fingerprint density at radius 3 is 2.33 bits per heavy atom. The van der Waals surface area contributed by atoms with Gasteiger partial charge < -0.3 is 15.5 Å². The molecule has 1 aromatic carbocycles. The van der Waals surface area contributed by atoms with Gasteiger partial charge in [0.2, 0.25) is 5.91 Å². The molecule has 0 aliphatic carbocycles. The number of hydrogen-bond acceptors (Lipinski definition) is 3. The third-order valence-electron chi connectivity index (χ3n) is 2.26. The summed E-state index contributed by atoms with van der Waals surface area (Å²) in [6, 6.07) is 1.96. The molecule has 3 N–H and O–H groups in total. The number of aliphatic hydroxyl groups excluding tert-OH is 2. The molecule has 0 saturated heterocycles. The van der Waals surface area contributed by atoms with E-state index in [2.05, 4.69) is 21.2 Å². The van der Waals surface area contributed by atoms with Crippen molar-refractivity contribution in [3.8, 4) is 0 Å². The highest BCUT2D eigenvalue weighted by atomic mass is 79.9. The fourth-order valence-electron chi connectivity index (χ4n) is 1.39. The third kappa shape index (κ3) is 3.72. The third-order valence-corrected chi connectivity index (χ3v) is 2.72. The average Bonchev–Trinajstić information content (AvgIpc) is 2.24. The van der Waals surface area contributed by atoms with Gasteiger partial charge in [-0.05, 0) is 12.1 Å². The highest BCUT2D eigenvalue weighted by molar-refractivity contribution is 9.10. The zero-order valence-electron chi connectivity index (χ0n) is 9.45. The van der Waals surface area contributed by atoms with Gasteiger partial charge in [0, 0.05) is 17.9 Å². The highest BCUT2D eigenvalue weighted by Crippen LogP contribution is 2.26. The van der Waals surface area contributed by atoms with Gasteiger partial charge in [0.25, 0.3) is 0 Å². The van der Waals surface area contributed by atoms with Crippen LogP contribution in [-0.2, 0) is 4.79 Å². The quantitative estimate of drug-likeness (QED) is 0.781. The monoisotopic (exact) mass is 323 g/mol. The fourth-order valence-corrected chi connectivity index (χ4v) is 1.79. The minimum atomic E-state index is -1.76. The predicted octanol–water partition coefficient (Wildman–Crippen LogP) is 1.26. The maximum atomic E-state index is 13.5. The number of carbonyl (C=O) groups is 1. The molecule has 0 aliphatic rings. The lowest BCUT2D eigenvalue weighted by Gasteiger charge is -2.19. The molecule has 0 aliphatic heterocycles. The number of aliphatic hydroxyl groups is 2. The molecule has 0 bridgehead atoms. The van der Waals surface area contributed by atoms with Crippen molar-refractivity contribution in [2.75, 3.05) is 6.54 Å². The number of hydrogen-bond donors (Lipinski definition) is 3. The molecule has 0 heterocycles. The van der Waals surface area contributed by atoms with Crippen LogP contribution in [0.3, 0.4) is 0 Å². The van der Waals surface area contributed by atoms with Crippen molar-refractivity contribution >= 4 is 21.8 Å². The summed E-state index contributed by atoms with van der Waals surface area (Å²) in [6.45, 7) is 0.922. The first-order valence-corrected chi connectivity index (χ1v) is 5.87. The van der Waals surface area contributed by atoms with E-state index in [0.717, 1.165) is 12.1 Å². The van der Waals surface area contributed by atoms with Crippen LogP contribution in [-0.4, -0.2) is 28.8 Å². The number of carbonyl (C=O) groups excluding carboxylic acids is 1. The van der Waals surface area contributed by atoms with E-state index in [4.69, 9.17) is 0 Å². The van der Waals surface area contributed by atoms with E-state index in [0.29, 0.717) is 0 Å². The molecule has 18 heavy (non-hydrogen) atoms. The maximum Gasteiger partial charge on any atom is 0.216 e. The number of rotatable bonds is 4. The van der Waals surface area contributed by atoms with Crippen LogP contribution in [0.4, 0.5) is 8.78 Å². The second-order valence-corrected chi connectivity index (χ2v) is 4.65. The van der Waals surface area contributed by atoms with Crippen LogP contribution in [0, 0.1) is 11.6 Å². The molecule has 1 amide bonds. The van der Waals surface area contributed by atoms with Gasteiger partial charge in [0.1, 0.15) is 23.8 Å². The first-order valence-electron chi connectivity index (χ1n) is 5.08. The summed E-state index contributed by atoms with van der Waals surface area (Å²) in [7, 11) is 0. The Kier molecular flexibility index (Phi) is 5.18. The topological polar surface area (TPSA) is 69.6 Å². The molecular formula is C11H12BrF2NO3. The van der Waals surface area contributed by atoms with Crippen molar-refractivity contribution in [2.45, 2.75) is 19.1 Å². The Morgan fingerprint density at radius 1 is 1.39 bits per heavy atom. The molecule has 2 atom stereocenters. The zero-order chi connectivity index (χ0) is 13.9. The highest BCUT2D eigenvalue weighted by Gasteiger charge is 2.25. The molecule has 2 unspecified atom stereocenters. The van der Waals surface area contributed by atoms with Crippen LogP contribution in [0.1, 0.15) is 18.6 Å². The summed E-state index contributed by atoms with van der Waals surface area (Å²) in [4.78, 5) is 10.6. The van der Waals surface area contributed by atoms with Crippen molar-refractivity contribution < 1.29 is 23.8 Å². The fraction of sp³-hybridized carbons (Fsp3) is 0.364. The maximum absolute atomic E-state index is 13.5. The second-order valence-electron chi connectivity index (χ2n) is 3.73. The first-order chi connectivity index (χ1) is 8.32. The minimum absolute atomic E-state index is 0.185. The van der Waals surface area contributed by atoms with Gasteiger partial charge in [0.05, 0.1) is 5.56 Å². The lowest BCUT2D eigenvalue weighted by molar-refractivity contribution is -0.119. The molecule has 1 rings (SSSR count). The van der Waals surface area contributed by atoms with Crippen molar-refractivity contribution in [3.63, 3.8) is 0 Å². The minimum Gasteiger partial charge on any atom is -0.388 e. The first kappa shape index (κ1) is 15.0. The molecule has 0 aromatic heterocycles.